The molecule has 1 aromatic rings. The van der Waals surface area contributed by atoms with Crippen molar-refractivity contribution in [3.63, 3.8) is 0 Å². The summed E-state index contributed by atoms with van der Waals surface area (Å²) in [6.45, 7) is -0.332. The minimum absolute atomic E-state index is 0. The van der Waals surface area contributed by atoms with Crippen molar-refractivity contribution >= 4 is 12.4 Å². The highest BCUT2D eigenvalue weighted by Crippen LogP contribution is 2.30. The highest BCUT2D eigenvalue weighted by atomic mass is 35.5. The molecule has 7 heteroatoms. The molecule has 0 radical (unpaired) electrons. The van der Waals surface area contributed by atoms with Crippen LogP contribution in [0.15, 0.2) is 30.1 Å². The number of nitrogens with two attached hydrogens (primary N) is 1. The predicted molar refractivity (Wildman–Crippen MR) is 60.6 cm³/mol. The lowest BCUT2D eigenvalue weighted by atomic mass is 10.1. The Balaban J connectivity index is 0.00000289. The van der Waals surface area contributed by atoms with Gasteiger partial charge in [-0.2, -0.15) is 13.2 Å². The summed E-state index contributed by atoms with van der Waals surface area (Å²) in [5.41, 5.74) is 3.92. The van der Waals surface area contributed by atoms with Gasteiger partial charge in [0.15, 0.2) is 0 Å². The smallest absolute Gasteiger partial charge is 0.325 e. The summed E-state index contributed by atoms with van der Waals surface area (Å²) in [5, 5.41) is 0. The average Bonchev–Trinajstić information content (AvgIpc) is 2.24. The Morgan fingerprint density at radius 1 is 1.22 bits per heavy atom. The third kappa shape index (κ3) is 5.01. The van der Waals surface area contributed by atoms with Gasteiger partial charge in [0.25, 0.3) is 0 Å². The first kappa shape index (κ1) is 16.9. The Bertz CT molecular complexity index is 428. The Hall–Kier alpha value is -1.14. The molecule has 0 aliphatic carbocycles. The van der Waals surface area contributed by atoms with E-state index in [1.54, 1.807) is 0 Å². The molecule has 0 spiro atoms. The molecule has 0 aliphatic heterocycles. The fourth-order valence-electron chi connectivity index (χ4n) is 1.24. The maximum Gasteiger partial charge on any atom is 0.416 e. The van der Waals surface area contributed by atoms with Crippen LogP contribution in [0.1, 0.15) is 11.1 Å². The van der Waals surface area contributed by atoms with E-state index in [1.165, 1.54) is 0 Å². The second kappa shape index (κ2) is 6.70. The molecular formula is C11H11ClF5N. The Morgan fingerprint density at radius 2 is 1.83 bits per heavy atom. The second-order valence-corrected chi connectivity index (χ2v) is 3.41. The maximum absolute atomic E-state index is 12.9. The van der Waals surface area contributed by atoms with Crippen LogP contribution in [0.5, 0.6) is 0 Å². The van der Waals surface area contributed by atoms with Crippen LogP contribution >= 0.6 is 12.4 Å². The van der Waals surface area contributed by atoms with Gasteiger partial charge in [0.05, 0.1) is 5.56 Å². The monoisotopic (exact) mass is 287 g/mol. The maximum atomic E-state index is 12.9. The lowest BCUT2D eigenvalue weighted by Gasteiger charge is -2.08. The second-order valence-electron chi connectivity index (χ2n) is 3.41. The molecule has 0 bridgehead atoms. The van der Waals surface area contributed by atoms with E-state index in [4.69, 9.17) is 5.73 Å². The molecule has 0 aromatic heterocycles. The molecule has 0 saturated heterocycles. The van der Waals surface area contributed by atoms with Crippen LogP contribution in [0.2, 0.25) is 0 Å². The summed E-state index contributed by atoms with van der Waals surface area (Å²) < 4.78 is 62.6. The first-order valence-corrected chi connectivity index (χ1v) is 4.74. The molecule has 0 heterocycles. The van der Waals surface area contributed by atoms with Crippen molar-refractivity contribution in [1.29, 1.82) is 0 Å². The van der Waals surface area contributed by atoms with E-state index in [1.807, 2.05) is 0 Å². The summed E-state index contributed by atoms with van der Waals surface area (Å²) in [6, 6.07) is 2.10. The standard InChI is InChI=1S/C11H10F5N.ClH/c12-9(6-17)2-1-7-3-8(11(14,15)16)5-10(13)4-7;/h2-5H,1,6,17H2;1H/b9-2+;. The highest BCUT2D eigenvalue weighted by molar-refractivity contribution is 5.85. The van der Waals surface area contributed by atoms with Crippen LogP contribution in [-0.2, 0) is 12.6 Å². The number of allylic oxidation sites excluding steroid dienone is 1. The third-order valence-corrected chi connectivity index (χ3v) is 2.04. The average molecular weight is 288 g/mol. The van der Waals surface area contributed by atoms with E-state index in [0.717, 1.165) is 18.2 Å². The number of halogens is 6. The van der Waals surface area contributed by atoms with Crippen molar-refractivity contribution in [2.75, 3.05) is 6.54 Å². The summed E-state index contributed by atoms with van der Waals surface area (Å²) in [5.74, 6) is -1.65. The predicted octanol–water partition coefficient (Wildman–Crippen LogP) is 3.62. The molecule has 102 valence electrons. The van der Waals surface area contributed by atoms with Crippen molar-refractivity contribution in [1.82, 2.24) is 0 Å². The minimum Gasteiger partial charge on any atom is -0.325 e. The summed E-state index contributed by atoms with van der Waals surface area (Å²) in [6.07, 6.45) is -3.73. The largest absolute Gasteiger partial charge is 0.416 e. The van der Waals surface area contributed by atoms with Crippen molar-refractivity contribution in [2.24, 2.45) is 5.73 Å². The van der Waals surface area contributed by atoms with Gasteiger partial charge in [0.1, 0.15) is 11.6 Å². The fraction of sp³-hybridized carbons (Fsp3) is 0.273. The Labute approximate surface area is 107 Å². The van der Waals surface area contributed by atoms with E-state index < -0.39 is 23.4 Å². The zero-order valence-corrected chi connectivity index (χ0v) is 9.92. The molecule has 0 fully saturated rings. The van der Waals surface area contributed by atoms with E-state index in [0.29, 0.717) is 6.07 Å². The van der Waals surface area contributed by atoms with Gasteiger partial charge in [-0.3, -0.25) is 0 Å². The molecule has 0 saturated carbocycles. The van der Waals surface area contributed by atoms with Gasteiger partial charge in [-0.25, -0.2) is 8.78 Å². The number of hydrogen-bond acceptors (Lipinski definition) is 1. The molecule has 0 atom stereocenters. The highest BCUT2D eigenvalue weighted by Gasteiger charge is 2.31. The van der Waals surface area contributed by atoms with E-state index in [2.05, 4.69) is 0 Å². The molecule has 2 N–H and O–H groups in total. The molecule has 0 unspecified atom stereocenters. The summed E-state index contributed by atoms with van der Waals surface area (Å²) in [7, 11) is 0. The van der Waals surface area contributed by atoms with Gasteiger partial charge < -0.3 is 5.73 Å². The van der Waals surface area contributed by atoms with Gasteiger partial charge in [-0.1, -0.05) is 0 Å². The van der Waals surface area contributed by atoms with E-state index in [-0.39, 0.29) is 30.9 Å². The zero-order valence-electron chi connectivity index (χ0n) is 9.10. The van der Waals surface area contributed by atoms with Crippen LogP contribution in [0.3, 0.4) is 0 Å². The van der Waals surface area contributed by atoms with Gasteiger partial charge in [0.2, 0.25) is 0 Å². The molecular weight excluding hydrogens is 277 g/mol. The number of alkyl halides is 3. The van der Waals surface area contributed by atoms with Crippen LogP contribution in [0, 0.1) is 5.82 Å². The van der Waals surface area contributed by atoms with Crippen LogP contribution in [-0.4, -0.2) is 6.54 Å². The van der Waals surface area contributed by atoms with Gasteiger partial charge in [-0.05, 0) is 36.3 Å². The van der Waals surface area contributed by atoms with Gasteiger partial charge in [-0.15, -0.1) is 12.4 Å². The van der Waals surface area contributed by atoms with E-state index >= 15 is 0 Å². The lowest BCUT2D eigenvalue weighted by molar-refractivity contribution is -0.137. The minimum atomic E-state index is -4.62. The fourth-order valence-corrected chi connectivity index (χ4v) is 1.24. The molecule has 1 aromatic carbocycles. The summed E-state index contributed by atoms with van der Waals surface area (Å²) in [4.78, 5) is 0. The topological polar surface area (TPSA) is 26.0 Å². The number of rotatable bonds is 3. The normalized spacial score (nSPS) is 12.2. The summed E-state index contributed by atoms with van der Waals surface area (Å²) >= 11 is 0. The van der Waals surface area contributed by atoms with Crippen LogP contribution < -0.4 is 5.73 Å². The quantitative estimate of drug-likeness (QED) is 0.844. The van der Waals surface area contributed by atoms with Crippen LogP contribution in [0.4, 0.5) is 22.0 Å². The van der Waals surface area contributed by atoms with Gasteiger partial charge >= 0.3 is 6.18 Å². The van der Waals surface area contributed by atoms with Crippen molar-refractivity contribution in [3.05, 3.63) is 47.0 Å². The zero-order chi connectivity index (χ0) is 13.1. The van der Waals surface area contributed by atoms with Gasteiger partial charge in [0, 0.05) is 6.54 Å². The van der Waals surface area contributed by atoms with Crippen molar-refractivity contribution in [2.45, 2.75) is 12.6 Å². The first-order chi connectivity index (χ1) is 7.82. The molecule has 0 aliphatic rings. The first-order valence-electron chi connectivity index (χ1n) is 4.74. The molecule has 1 rings (SSSR count). The third-order valence-electron chi connectivity index (χ3n) is 2.04. The number of hydrogen-bond donors (Lipinski definition) is 1. The number of benzene rings is 1. The van der Waals surface area contributed by atoms with E-state index in [9.17, 15) is 22.0 Å². The SMILES string of the molecule is Cl.NC/C(F)=C\Cc1cc(F)cc(C(F)(F)F)c1. The lowest BCUT2D eigenvalue weighted by Crippen LogP contribution is -2.06. The molecule has 1 nitrogen and oxygen atoms in total. The van der Waals surface area contributed by atoms with Crippen molar-refractivity contribution < 1.29 is 22.0 Å². The Morgan fingerprint density at radius 3 is 2.33 bits per heavy atom. The van der Waals surface area contributed by atoms with Crippen LogP contribution in [0.25, 0.3) is 0 Å². The van der Waals surface area contributed by atoms with Crippen molar-refractivity contribution in [3.8, 4) is 0 Å². The molecule has 18 heavy (non-hydrogen) atoms. The molecule has 0 amide bonds. The Kier molecular flexibility index (Phi) is 6.28.